The van der Waals surface area contributed by atoms with Crippen LogP contribution in [0.2, 0.25) is 0 Å². The lowest BCUT2D eigenvalue weighted by Crippen LogP contribution is -1.97. The van der Waals surface area contributed by atoms with Crippen LogP contribution < -0.4 is 14.2 Å². The average molecular weight is 212 g/mol. The fourth-order valence-corrected chi connectivity index (χ4v) is 1.66. The van der Waals surface area contributed by atoms with Crippen molar-refractivity contribution in [2.75, 3.05) is 20.8 Å². The van der Waals surface area contributed by atoms with Crippen LogP contribution in [0.15, 0.2) is 6.07 Å². The molecule has 0 aromatic heterocycles. The number of phenols is 1. The monoisotopic (exact) mass is 212 g/mol. The van der Waals surface area contributed by atoms with E-state index in [0.717, 1.165) is 0 Å². The molecule has 0 amide bonds. The fraction of sp³-hybridized carbons (Fsp3) is 0.400. The Balaban J connectivity index is 2.64. The Hall–Kier alpha value is -1.62. The third-order valence-corrected chi connectivity index (χ3v) is 2.35. The molecule has 0 saturated heterocycles. The number of aromatic hydroxyl groups is 1. The number of ether oxygens (including phenoxy) is 3. The van der Waals surface area contributed by atoms with Crippen molar-refractivity contribution >= 4 is 0 Å². The van der Waals surface area contributed by atoms with Crippen LogP contribution in [-0.4, -0.2) is 31.0 Å². The Labute approximate surface area is 86.8 Å². The van der Waals surface area contributed by atoms with Crippen LogP contribution in [0, 0.1) is 0 Å². The van der Waals surface area contributed by atoms with Gasteiger partial charge < -0.3 is 24.4 Å². The van der Waals surface area contributed by atoms with Crippen molar-refractivity contribution in [2.45, 2.75) is 6.10 Å². The SMILES string of the molecule is COc1c(O)cc2c(c1OC)OCC2O. The molecule has 1 atom stereocenters. The first-order valence-corrected chi connectivity index (χ1v) is 4.47. The summed E-state index contributed by atoms with van der Waals surface area (Å²) in [4.78, 5) is 0. The minimum atomic E-state index is -0.731. The molecule has 15 heavy (non-hydrogen) atoms. The van der Waals surface area contributed by atoms with Gasteiger partial charge in [0.05, 0.1) is 14.2 Å². The fourth-order valence-electron chi connectivity index (χ4n) is 1.66. The van der Waals surface area contributed by atoms with Gasteiger partial charge in [0.2, 0.25) is 11.5 Å². The van der Waals surface area contributed by atoms with Crippen LogP contribution in [0.3, 0.4) is 0 Å². The maximum Gasteiger partial charge on any atom is 0.207 e. The summed E-state index contributed by atoms with van der Waals surface area (Å²) < 4.78 is 15.3. The predicted molar refractivity (Wildman–Crippen MR) is 51.7 cm³/mol. The molecule has 0 radical (unpaired) electrons. The van der Waals surface area contributed by atoms with Gasteiger partial charge in [0.15, 0.2) is 11.5 Å². The predicted octanol–water partition coefficient (Wildman–Crippen LogP) is 0.835. The molecule has 2 N–H and O–H groups in total. The molecule has 0 bridgehead atoms. The number of aliphatic hydroxyl groups excluding tert-OH is 1. The first-order valence-electron chi connectivity index (χ1n) is 4.47. The molecule has 1 aromatic rings. The lowest BCUT2D eigenvalue weighted by atomic mass is 10.1. The minimum Gasteiger partial charge on any atom is -0.504 e. The van der Waals surface area contributed by atoms with Crippen molar-refractivity contribution in [3.63, 3.8) is 0 Å². The second-order valence-electron chi connectivity index (χ2n) is 3.21. The Morgan fingerprint density at radius 3 is 2.60 bits per heavy atom. The van der Waals surface area contributed by atoms with E-state index in [9.17, 15) is 10.2 Å². The summed E-state index contributed by atoms with van der Waals surface area (Å²) in [7, 11) is 2.88. The van der Waals surface area contributed by atoms with Gasteiger partial charge in [-0.1, -0.05) is 0 Å². The van der Waals surface area contributed by atoms with E-state index in [-0.39, 0.29) is 18.1 Å². The summed E-state index contributed by atoms with van der Waals surface area (Å²) in [5, 5.41) is 19.2. The molecular weight excluding hydrogens is 200 g/mol. The van der Waals surface area contributed by atoms with E-state index in [1.54, 1.807) is 0 Å². The van der Waals surface area contributed by atoms with Crippen molar-refractivity contribution in [2.24, 2.45) is 0 Å². The summed E-state index contributed by atoms with van der Waals surface area (Å²) in [6.45, 7) is 0.165. The van der Waals surface area contributed by atoms with E-state index >= 15 is 0 Å². The van der Waals surface area contributed by atoms with Gasteiger partial charge in [0.25, 0.3) is 0 Å². The van der Waals surface area contributed by atoms with Crippen LogP contribution in [-0.2, 0) is 0 Å². The molecule has 2 rings (SSSR count). The molecule has 0 saturated carbocycles. The van der Waals surface area contributed by atoms with E-state index in [1.807, 2.05) is 0 Å². The minimum absolute atomic E-state index is 0.0716. The molecule has 1 aliphatic heterocycles. The van der Waals surface area contributed by atoms with E-state index in [0.29, 0.717) is 17.1 Å². The van der Waals surface area contributed by atoms with Crippen LogP contribution in [0.25, 0.3) is 0 Å². The highest BCUT2D eigenvalue weighted by molar-refractivity contribution is 5.63. The molecule has 0 aliphatic carbocycles. The number of phenolic OH excluding ortho intramolecular Hbond substituents is 1. The zero-order valence-electron chi connectivity index (χ0n) is 8.48. The lowest BCUT2D eigenvalue weighted by molar-refractivity contribution is 0.139. The molecule has 0 spiro atoms. The Morgan fingerprint density at radius 1 is 1.33 bits per heavy atom. The topological polar surface area (TPSA) is 68.2 Å². The Bertz CT molecular complexity index is 388. The van der Waals surface area contributed by atoms with E-state index in [1.165, 1.54) is 20.3 Å². The zero-order valence-corrected chi connectivity index (χ0v) is 8.48. The molecule has 1 unspecified atom stereocenters. The molecular formula is C10H12O5. The average Bonchev–Trinajstić information content (AvgIpc) is 2.58. The largest absolute Gasteiger partial charge is 0.504 e. The van der Waals surface area contributed by atoms with Crippen molar-refractivity contribution in [3.05, 3.63) is 11.6 Å². The number of fused-ring (bicyclic) bond motifs is 1. The molecule has 1 aromatic carbocycles. The van der Waals surface area contributed by atoms with Gasteiger partial charge >= 0.3 is 0 Å². The van der Waals surface area contributed by atoms with Gasteiger partial charge in [0, 0.05) is 5.56 Å². The van der Waals surface area contributed by atoms with Crippen LogP contribution in [0.5, 0.6) is 23.0 Å². The van der Waals surface area contributed by atoms with E-state index in [2.05, 4.69) is 0 Å². The van der Waals surface area contributed by atoms with Gasteiger partial charge in [-0.25, -0.2) is 0 Å². The molecule has 1 aliphatic rings. The second-order valence-corrected chi connectivity index (χ2v) is 3.21. The van der Waals surface area contributed by atoms with Crippen LogP contribution >= 0.6 is 0 Å². The second kappa shape index (κ2) is 3.51. The van der Waals surface area contributed by atoms with Crippen molar-refractivity contribution < 1.29 is 24.4 Å². The van der Waals surface area contributed by atoms with Gasteiger partial charge in [-0.15, -0.1) is 0 Å². The van der Waals surface area contributed by atoms with Gasteiger partial charge in [0.1, 0.15) is 12.7 Å². The molecule has 0 fully saturated rings. The third kappa shape index (κ3) is 1.35. The van der Waals surface area contributed by atoms with Gasteiger partial charge in [-0.3, -0.25) is 0 Å². The quantitative estimate of drug-likeness (QED) is 0.760. The number of benzene rings is 1. The molecule has 5 nitrogen and oxygen atoms in total. The highest BCUT2D eigenvalue weighted by Crippen LogP contribution is 2.50. The Kier molecular flexibility index (Phi) is 2.32. The third-order valence-electron chi connectivity index (χ3n) is 2.35. The lowest BCUT2D eigenvalue weighted by Gasteiger charge is -2.12. The highest BCUT2D eigenvalue weighted by atomic mass is 16.5. The molecule has 82 valence electrons. The number of hydrogen-bond donors (Lipinski definition) is 2. The number of rotatable bonds is 2. The van der Waals surface area contributed by atoms with Gasteiger partial charge in [-0.2, -0.15) is 0 Å². The van der Waals surface area contributed by atoms with E-state index in [4.69, 9.17) is 14.2 Å². The standard InChI is InChI=1S/C10H12O5/c1-13-9-6(11)3-5-7(12)4-15-8(5)10(9)14-2/h3,7,11-12H,4H2,1-2H3. The first kappa shape index (κ1) is 9.92. The van der Waals surface area contributed by atoms with Crippen molar-refractivity contribution in [3.8, 4) is 23.0 Å². The number of aliphatic hydroxyl groups is 1. The highest BCUT2D eigenvalue weighted by Gasteiger charge is 2.30. The van der Waals surface area contributed by atoms with Crippen molar-refractivity contribution in [1.82, 2.24) is 0 Å². The summed E-state index contributed by atoms with van der Waals surface area (Å²) in [6.07, 6.45) is -0.731. The smallest absolute Gasteiger partial charge is 0.207 e. The Morgan fingerprint density at radius 2 is 2.00 bits per heavy atom. The number of hydrogen-bond acceptors (Lipinski definition) is 5. The summed E-state index contributed by atoms with van der Waals surface area (Å²) in [5.74, 6) is 0.881. The van der Waals surface area contributed by atoms with Gasteiger partial charge in [-0.05, 0) is 6.07 Å². The maximum absolute atomic E-state index is 9.63. The van der Waals surface area contributed by atoms with Crippen LogP contribution in [0.4, 0.5) is 0 Å². The van der Waals surface area contributed by atoms with E-state index < -0.39 is 6.10 Å². The molecule has 1 heterocycles. The summed E-state index contributed by atoms with van der Waals surface area (Å²) in [6, 6.07) is 1.42. The summed E-state index contributed by atoms with van der Waals surface area (Å²) >= 11 is 0. The maximum atomic E-state index is 9.63. The van der Waals surface area contributed by atoms with Crippen molar-refractivity contribution in [1.29, 1.82) is 0 Å². The first-order chi connectivity index (χ1) is 7.19. The molecule has 5 heteroatoms. The van der Waals surface area contributed by atoms with Crippen LogP contribution in [0.1, 0.15) is 11.7 Å². The summed E-state index contributed by atoms with van der Waals surface area (Å²) in [5.41, 5.74) is 0.519. The normalized spacial score (nSPS) is 18.2. The zero-order chi connectivity index (χ0) is 11.0. The number of methoxy groups -OCH3 is 2.